The minimum absolute atomic E-state index is 0.815. The molecule has 0 atom stereocenters. The van der Waals surface area contributed by atoms with Gasteiger partial charge >= 0.3 is 0 Å². The minimum atomic E-state index is 0.815. The lowest BCUT2D eigenvalue weighted by Gasteiger charge is -2.23. The molecule has 1 aromatic carbocycles. The largest absolute Gasteiger partial charge is 0.327 e. The zero-order valence-corrected chi connectivity index (χ0v) is 12.6. The highest BCUT2D eigenvalue weighted by Crippen LogP contribution is 2.24. The van der Waals surface area contributed by atoms with Gasteiger partial charge in [0.25, 0.3) is 0 Å². The molecule has 0 amide bonds. The normalized spacial score (nSPS) is 10.6. The summed E-state index contributed by atoms with van der Waals surface area (Å²) in [6.07, 6.45) is 0. The van der Waals surface area contributed by atoms with Crippen molar-refractivity contribution in [3.05, 3.63) is 53.7 Å². The van der Waals surface area contributed by atoms with Gasteiger partial charge in [-0.25, -0.2) is 4.98 Å². The van der Waals surface area contributed by atoms with E-state index in [4.69, 9.17) is 4.98 Å². The maximum absolute atomic E-state index is 4.75. The molecule has 3 nitrogen and oxygen atoms in total. The number of nitrogens with zero attached hydrogens (tertiary/aromatic N) is 2. The monoisotopic (exact) mass is 269 g/mol. The van der Waals surface area contributed by atoms with E-state index in [1.165, 1.54) is 11.3 Å². The summed E-state index contributed by atoms with van der Waals surface area (Å²) in [5.74, 6) is 1.01. The molecule has 106 valence electrons. The van der Waals surface area contributed by atoms with Gasteiger partial charge in [0.05, 0.1) is 5.69 Å². The van der Waals surface area contributed by atoms with Crippen molar-refractivity contribution in [2.75, 3.05) is 18.0 Å². The smallest absolute Gasteiger partial charge is 0.133 e. The third-order valence-electron chi connectivity index (χ3n) is 3.25. The molecule has 0 radical (unpaired) electrons. The summed E-state index contributed by atoms with van der Waals surface area (Å²) in [6, 6.07) is 14.8. The molecule has 0 saturated carbocycles. The van der Waals surface area contributed by atoms with Crippen LogP contribution in [0.2, 0.25) is 0 Å². The Kier molecular flexibility index (Phi) is 5.13. The van der Waals surface area contributed by atoms with Gasteiger partial charge in [-0.2, -0.15) is 0 Å². The van der Waals surface area contributed by atoms with E-state index in [1.807, 2.05) is 0 Å². The average Bonchev–Trinajstić information content (AvgIpc) is 2.46. The van der Waals surface area contributed by atoms with Crippen molar-refractivity contribution in [1.82, 2.24) is 10.3 Å². The van der Waals surface area contributed by atoms with Gasteiger partial charge in [0.2, 0.25) is 0 Å². The van der Waals surface area contributed by atoms with E-state index in [1.54, 1.807) is 0 Å². The highest BCUT2D eigenvalue weighted by Gasteiger charge is 2.09. The predicted molar refractivity (Wildman–Crippen MR) is 85.5 cm³/mol. The quantitative estimate of drug-likeness (QED) is 0.867. The second-order valence-corrected chi connectivity index (χ2v) is 4.85. The van der Waals surface area contributed by atoms with Gasteiger partial charge in [-0.1, -0.05) is 25.1 Å². The summed E-state index contributed by atoms with van der Waals surface area (Å²) in [7, 11) is 0. The predicted octanol–water partition coefficient (Wildman–Crippen LogP) is 3.66. The van der Waals surface area contributed by atoms with E-state index < -0.39 is 0 Å². The molecule has 3 heteroatoms. The number of aromatic nitrogens is 1. The molecule has 2 aromatic rings. The number of hydrogen-bond acceptors (Lipinski definition) is 3. The van der Waals surface area contributed by atoms with Crippen molar-refractivity contribution in [3.8, 4) is 0 Å². The van der Waals surface area contributed by atoms with Crippen LogP contribution in [-0.4, -0.2) is 18.1 Å². The molecule has 0 aliphatic heterocycles. The van der Waals surface area contributed by atoms with Crippen LogP contribution in [0.1, 0.15) is 25.1 Å². The summed E-state index contributed by atoms with van der Waals surface area (Å²) in [4.78, 5) is 6.99. The Morgan fingerprint density at radius 3 is 2.60 bits per heavy atom. The topological polar surface area (TPSA) is 28.2 Å². The molecule has 0 fully saturated rings. The molecule has 1 N–H and O–H groups in total. The van der Waals surface area contributed by atoms with Crippen molar-refractivity contribution >= 4 is 11.5 Å². The van der Waals surface area contributed by atoms with Crippen LogP contribution in [-0.2, 0) is 6.54 Å². The van der Waals surface area contributed by atoms with Gasteiger partial charge in [0.15, 0.2) is 0 Å². The minimum Gasteiger partial charge on any atom is -0.327 e. The molecular formula is C17H23N3. The van der Waals surface area contributed by atoms with Gasteiger partial charge in [-0.3, -0.25) is 0 Å². The second-order valence-electron chi connectivity index (χ2n) is 4.85. The first-order chi connectivity index (χ1) is 9.74. The van der Waals surface area contributed by atoms with E-state index in [0.29, 0.717) is 0 Å². The zero-order chi connectivity index (χ0) is 14.4. The van der Waals surface area contributed by atoms with Crippen LogP contribution in [0.4, 0.5) is 11.5 Å². The number of hydrogen-bond donors (Lipinski definition) is 1. The van der Waals surface area contributed by atoms with Crippen LogP contribution in [0.15, 0.2) is 42.5 Å². The fourth-order valence-corrected chi connectivity index (χ4v) is 2.24. The number of rotatable bonds is 6. The lowest BCUT2D eigenvalue weighted by atomic mass is 10.2. The Labute approximate surface area is 121 Å². The molecule has 0 unspecified atom stereocenters. The molecule has 0 aliphatic carbocycles. The standard InChI is InChI=1S/C17H23N3/c1-4-18-13-15-9-7-11-17(19-15)20(5-2)16-10-6-8-14(3)12-16/h6-12,18H,4-5,13H2,1-3H3. The average molecular weight is 269 g/mol. The lowest BCUT2D eigenvalue weighted by Crippen LogP contribution is -2.19. The van der Waals surface area contributed by atoms with E-state index >= 15 is 0 Å². The second kappa shape index (κ2) is 7.06. The van der Waals surface area contributed by atoms with E-state index in [9.17, 15) is 0 Å². The van der Waals surface area contributed by atoms with Gasteiger partial charge < -0.3 is 10.2 Å². The Bertz CT molecular complexity index is 551. The molecular weight excluding hydrogens is 246 g/mol. The number of aryl methyl sites for hydroxylation is 1. The fraction of sp³-hybridized carbons (Fsp3) is 0.353. The summed E-state index contributed by atoms with van der Waals surface area (Å²) in [5, 5.41) is 3.32. The van der Waals surface area contributed by atoms with Crippen molar-refractivity contribution in [1.29, 1.82) is 0 Å². The highest BCUT2D eigenvalue weighted by molar-refractivity contribution is 5.60. The number of pyridine rings is 1. The Morgan fingerprint density at radius 2 is 1.90 bits per heavy atom. The summed E-state index contributed by atoms with van der Waals surface area (Å²) >= 11 is 0. The third-order valence-corrected chi connectivity index (χ3v) is 3.25. The van der Waals surface area contributed by atoms with Crippen LogP contribution in [0.5, 0.6) is 0 Å². The number of nitrogens with one attached hydrogen (secondary N) is 1. The van der Waals surface area contributed by atoms with Crippen LogP contribution >= 0.6 is 0 Å². The molecule has 2 rings (SSSR count). The third kappa shape index (κ3) is 3.58. The number of benzene rings is 1. The lowest BCUT2D eigenvalue weighted by molar-refractivity contribution is 0.710. The molecule has 0 spiro atoms. The van der Waals surface area contributed by atoms with Crippen LogP contribution < -0.4 is 10.2 Å². The summed E-state index contributed by atoms with van der Waals surface area (Å²) < 4.78 is 0. The Hall–Kier alpha value is -1.87. The van der Waals surface area contributed by atoms with Gasteiger partial charge in [0.1, 0.15) is 5.82 Å². The van der Waals surface area contributed by atoms with Crippen LogP contribution in [0.25, 0.3) is 0 Å². The molecule has 0 bridgehead atoms. The molecule has 0 aliphatic rings. The number of anilines is 2. The van der Waals surface area contributed by atoms with Crippen molar-refractivity contribution < 1.29 is 0 Å². The van der Waals surface area contributed by atoms with Crippen molar-refractivity contribution in [2.24, 2.45) is 0 Å². The van der Waals surface area contributed by atoms with Crippen LogP contribution in [0.3, 0.4) is 0 Å². The first kappa shape index (κ1) is 14.5. The first-order valence-corrected chi connectivity index (χ1v) is 7.25. The van der Waals surface area contributed by atoms with E-state index in [-0.39, 0.29) is 0 Å². The molecule has 0 saturated heterocycles. The SMILES string of the molecule is CCNCc1cccc(N(CC)c2cccc(C)c2)n1. The summed E-state index contributed by atoms with van der Waals surface area (Å²) in [6.45, 7) is 9.06. The maximum atomic E-state index is 4.75. The fourth-order valence-electron chi connectivity index (χ4n) is 2.24. The van der Waals surface area contributed by atoms with Crippen molar-refractivity contribution in [3.63, 3.8) is 0 Å². The first-order valence-electron chi connectivity index (χ1n) is 7.25. The molecule has 1 aromatic heterocycles. The van der Waals surface area contributed by atoms with E-state index in [2.05, 4.69) is 73.5 Å². The van der Waals surface area contributed by atoms with Crippen molar-refractivity contribution in [2.45, 2.75) is 27.3 Å². The van der Waals surface area contributed by atoms with Crippen LogP contribution in [0, 0.1) is 6.92 Å². The molecule has 1 heterocycles. The summed E-state index contributed by atoms with van der Waals surface area (Å²) in [5.41, 5.74) is 3.54. The van der Waals surface area contributed by atoms with E-state index in [0.717, 1.165) is 31.1 Å². The Morgan fingerprint density at radius 1 is 1.10 bits per heavy atom. The van der Waals surface area contributed by atoms with Gasteiger partial charge in [-0.05, 0) is 50.2 Å². The van der Waals surface area contributed by atoms with Gasteiger partial charge in [0, 0.05) is 18.8 Å². The van der Waals surface area contributed by atoms with Gasteiger partial charge in [-0.15, -0.1) is 0 Å². The Balaban J connectivity index is 2.27. The molecule has 20 heavy (non-hydrogen) atoms. The highest BCUT2D eigenvalue weighted by atomic mass is 15.2. The maximum Gasteiger partial charge on any atom is 0.133 e. The zero-order valence-electron chi connectivity index (χ0n) is 12.6.